The largest absolute Gasteiger partial charge is 0.412 e. The molecule has 0 fully saturated rings. The zero-order valence-corrected chi connectivity index (χ0v) is 12.1. The molecule has 0 amide bonds. The maximum absolute atomic E-state index is 6.00. The van der Waals surface area contributed by atoms with Crippen molar-refractivity contribution in [1.82, 2.24) is 0 Å². The van der Waals surface area contributed by atoms with E-state index < -0.39 is 0 Å². The summed E-state index contributed by atoms with van der Waals surface area (Å²) < 4.78 is 0. The molecule has 0 radical (unpaired) electrons. The second-order valence-corrected chi connectivity index (χ2v) is 5.52. The number of hydrogen-bond acceptors (Lipinski definition) is 1. The highest BCUT2D eigenvalue weighted by atomic mass is 35.5. The quantitative estimate of drug-likeness (QED) is 0.862. The van der Waals surface area contributed by atoms with E-state index in [1.54, 1.807) is 0 Å². The fraction of sp³-hybridized carbons (Fsp3) is 0.294. The summed E-state index contributed by atoms with van der Waals surface area (Å²) in [6.45, 7) is 0.795. The number of fused-ring (bicyclic) bond motifs is 1. The third-order valence-corrected chi connectivity index (χ3v) is 4.73. The van der Waals surface area contributed by atoms with Crippen LogP contribution in [-0.2, 0) is 0 Å². The number of nitrogens with two attached hydrogens (primary N) is 1. The summed E-state index contributed by atoms with van der Waals surface area (Å²) in [5.74, 6) is 1.70. The molecule has 0 saturated heterocycles. The Hall–Kier alpha value is -1.35. The molecule has 2 bridgehead atoms. The minimum atomic E-state index is 0. The summed E-state index contributed by atoms with van der Waals surface area (Å²) in [7, 11) is 0. The molecular formula is C17H20ClNO. The molecule has 20 heavy (non-hydrogen) atoms. The summed E-state index contributed by atoms with van der Waals surface area (Å²) in [6.07, 6.45) is 1.22. The van der Waals surface area contributed by atoms with Gasteiger partial charge in [0.1, 0.15) is 0 Å². The average Bonchev–Trinajstić information content (AvgIpc) is 2.47. The van der Waals surface area contributed by atoms with Gasteiger partial charge in [-0.1, -0.05) is 48.5 Å². The smallest absolute Gasteiger partial charge is 0.0136 e. The van der Waals surface area contributed by atoms with Gasteiger partial charge in [-0.2, -0.15) is 0 Å². The molecule has 1 atom stereocenters. The zero-order valence-electron chi connectivity index (χ0n) is 11.3. The lowest BCUT2D eigenvalue weighted by Crippen LogP contribution is -2.35. The molecule has 2 nitrogen and oxygen atoms in total. The molecule has 0 aromatic heterocycles. The van der Waals surface area contributed by atoms with E-state index in [1.165, 1.54) is 28.7 Å². The van der Waals surface area contributed by atoms with Gasteiger partial charge in [0.15, 0.2) is 0 Å². The van der Waals surface area contributed by atoms with Crippen molar-refractivity contribution in [3.05, 3.63) is 70.8 Å². The van der Waals surface area contributed by atoms with Gasteiger partial charge >= 0.3 is 0 Å². The average molecular weight is 290 g/mol. The SMILES string of the molecule is Cl.NCC1CC2c3ccccc3C1c1ccccc12.O. The van der Waals surface area contributed by atoms with Crippen molar-refractivity contribution in [3.63, 3.8) is 0 Å². The first-order valence-electron chi connectivity index (χ1n) is 6.78. The van der Waals surface area contributed by atoms with Crippen LogP contribution in [0.4, 0.5) is 0 Å². The molecule has 0 spiro atoms. The Bertz CT molecular complexity index is 566. The lowest BCUT2D eigenvalue weighted by atomic mass is 9.59. The van der Waals surface area contributed by atoms with Gasteiger partial charge in [-0.3, -0.25) is 0 Å². The second-order valence-electron chi connectivity index (χ2n) is 5.52. The van der Waals surface area contributed by atoms with Crippen molar-refractivity contribution in [3.8, 4) is 0 Å². The van der Waals surface area contributed by atoms with E-state index in [-0.39, 0.29) is 17.9 Å². The van der Waals surface area contributed by atoms with Gasteiger partial charge in [0, 0.05) is 11.8 Å². The lowest BCUT2D eigenvalue weighted by Gasteiger charge is -2.45. The summed E-state index contributed by atoms with van der Waals surface area (Å²) in [5.41, 5.74) is 12.1. The van der Waals surface area contributed by atoms with Gasteiger partial charge in [-0.25, -0.2) is 0 Å². The summed E-state index contributed by atoms with van der Waals surface area (Å²) >= 11 is 0. The van der Waals surface area contributed by atoms with Crippen molar-refractivity contribution < 1.29 is 5.48 Å². The summed E-state index contributed by atoms with van der Waals surface area (Å²) in [6, 6.07) is 17.9. The maximum Gasteiger partial charge on any atom is 0.0136 e. The molecule has 2 aromatic carbocycles. The van der Waals surface area contributed by atoms with E-state index in [9.17, 15) is 0 Å². The zero-order chi connectivity index (χ0) is 12.1. The third kappa shape index (κ3) is 1.87. The predicted molar refractivity (Wildman–Crippen MR) is 84.6 cm³/mol. The van der Waals surface area contributed by atoms with Gasteiger partial charge < -0.3 is 11.2 Å². The van der Waals surface area contributed by atoms with Crippen LogP contribution >= 0.6 is 12.4 Å². The Balaban J connectivity index is 0.000000735. The molecule has 0 saturated carbocycles. The Labute approximate surface area is 125 Å². The van der Waals surface area contributed by atoms with Crippen LogP contribution < -0.4 is 5.73 Å². The molecule has 0 aliphatic heterocycles. The van der Waals surface area contributed by atoms with E-state index in [2.05, 4.69) is 48.5 Å². The van der Waals surface area contributed by atoms with E-state index in [4.69, 9.17) is 5.73 Å². The highest BCUT2D eigenvalue weighted by Gasteiger charge is 2.42. The van der Waals surface area contributed by atoms with E-state index in [0.717, 1.165) is 6.54 Å². The van der Waals surface area contributed by atoms with Crippen molar-refractivity contribution in [1.29, 1.82) is 0 Å². The molecule has 0 heterocycles. The first kappa shape index (κ1) is 15.0. The van der Waals surface area contributed by atoms with Gasteiger partial charge in [-0.15, -0.1) is 12.4 Å². The molecule has 2 aromatic rings. The number of hydrogen-bond donors (Lipinski definition) is 1. The molecule has 1 unspecified atom stereocenters. The topological polar surface area (TPSA) is 57.5 Å². The second kappa shape index (κ2) is 5.57. The van der Waals surface area contributed by atoms with Crippen LogP contribution in [0.25, 0.3) is 0 Å². The van der Waals surface area contributed by atoms with Crippen molar-refractivity contribution >= 4 is 12.4 Å². The highest BCUT2D eigenvalue weighted by Crippen LogP contribution is 2.54. The van der Waals surface area contributed by atoms with Gasteiger partial charge in [0.2, 0.25) is 0 Å². The van der Waals surface area contributed by atoms with E-state index >= 15 is 0 Å². The molecular weight excluding hydrogens is 270 g/mol. The number of benzene rings is 2. The molecule has 5 rings (SSSR count). The fourth-order valence-electron chi connectivity index (χ4n) is 3.99. The van der Waals surface area contributed by atoms with Crippen LogP contribution in [0, 0.1) is 5.92 Å². The van der Waals surface area contributed by atoms with Crippen LogP contribution in [0.5, 0.6) is 0 Å². The van der Waals surface area contributed by atoms with Crippen LogP contribution in [0.2, 0.25) is 0 Å². The van der Waals surface area contributed by atoms with Crippen LogP contribution in [-0.4, -0.2) is 12.0 Å². The molecule has 3 heteroatoms. The Morgan fingerprint density at radius 3 is 1.75 bits per heavy atom. The normalized spacial score (nSPS) is 24.9. The molecule has 3 aliphatic rings. The van der Waals surface area contributed by atoms with Crippen molar-refractivity contribution in [2.45, 2.75) is 18.3 Å². The predicted octanol–water partition coefficient (Wildman–Crippen LogP) is 2.84. The van der Waals surface area contributed by atoms with Gasteiger partial charge in [-0.05, 0) is 41.1 Å². The van der Waals surface area contributed by atoms with Crippen LogP contribution in [0.1, 0.15) is 40.5 Å². The maximum atomic E-state index is 6.00. The Morgan fingerprint density at radius 2 is 1.30 bits per heavy atom. The van der Waals surface area contributed by atoms with Crippen molar-refractivity contribution in [2.75, 3.05) is 6.54 Å². The highest BCUT2D eigenvalue weighted by molar-refractivity contribution is 5.85. The fourth-order valence-corrected chi connectivity index (χ4v) is 3.99. The minimum Gasteiger partial charge on any atom is -0.412 e. The lowest BCUT2D eigenvalue weighted by molar-refractivity contribution is 0.365. The minimum absolute atomic E-state index is 0. The summed E-state index contributed by atoms with van der Waals surface area (Å²) in [4.78, 5) is 0. The summed E-state index contributed by atoms with van der Waals surface area (Å²) in [5, 5.41) is 0. The van der Waals surface area contributed by atoms with Crippen molar-refractivity contribution in [2.24, 2.45) is 11.7 Å². The Morgan fingerprint density at radius 1 is 0.850 bits per heavy atom. The van der Waals surface area contributed by atoms with Gasteiger partial charge in [0.05, 0.1) is 0 Å². The molecule has 3 aliphatic carbocycles. The first-order chi connectivity index (χ1) is 8.90. The third-order valence-electron chi connectivity index (χ3n) is 4.73. The van der Waals surface area contributed by atoms with Crippen LogP contribution in [0.15, 0.2) is 48.5 Å². The van der Waals surface area contributed by atoms with Gasteiger partial charge in [0.25, 0.3) is 0 Å². The molecule has 106 valence electrons. The first-order valence-corrected chi connectivity index (χ1v) is 6.78. The standard InChI is InChI=1S/C17H17N.ClH.H2O/c18-10-11-9-16-12-5-1-3-7-14(12)17(11)15-8-4-2-6-13(15)16;;/h1-8,11,16-17H,9-10,18H2;1H;1H2. The number of halogens is 1. The van der Waals surface area contributed by atoms with E-state index in [1.807, 2.05) is 0 Å². The Kier molecular flexibility index (Phi) is 4.19. The molecule has 4 N–H and O–H groups in total. The number of rotatable bonds is 1. The van der Waals surface area contributed by atoms with E-state index in [0.29, 0.717) is 17.8 Å². The van der Waals surface area contributed by atoms with Crippen LogP contribution in [0.3, 0.4) is 0 Å². The monoisotopic (exact) mass is 289 g/mol.